The number of hydrogen-bond acceptors (Lipinski definition) is 3. The van der Waals surface area contributed by atoms with E-state index in [-0.39, 0.29) is 11.3 Å². The van der Waals surface area contributed by atoms with Crippen LogP contribution in [-0.4, -0.2) is 35.3 Å². The van der Waals surface area contributed by atoms with Gasteiger partial charge >= 0.3 is 0 Å². The highest BCUT2D eigenvalue weighted by atomic mass is 32.2. The van der Waals surface area contributed by atoms with E-state index in [4.69, 9.17) is 0 Å². The topological polar surface area (TPSA) is 20.3 Å². The van der Waals surface area contributed by atoms with Crippen LogP contribution in [0.2, 0.25) is 0 Å². The summed E-state index contributed by atoms with van der Waals surface area (Å²) in [5.41, 5.74) is 1.65. The third-order valence-corrected chi connectivity index (χ3v) is 4.88. The Morgan fingerprint density at radius 2 is 1.78 bits per heavy atom. The number of ketones is 1. The van der Waals surface area contributed by atoms with Gasteiger partial charge < -0.3 is 0 Å². The van der Waals surface area contributed by atoms with E-state index in [1.165, 1.54) is 6.07 Å². The van der Waals surface area contributed by atoms with Crippen LogP contribution < -0.4 is 0 Å². The van der Waals surface area contributed by atoms with Crippen LogP contribution in [0, 0.1) is 11.6 Å². The molecule has 5 heteroatoms. The van der Waals surface area contributed by atoms with Gasteiger partial charge in [-0.15, -0.1) is 0 Å². The number of benzene rings is 2. The SMILES string of the molecule is O=C(c1ccc(F)c(F)c1)c1ccccc1CN1CCSCC1. The molecule has 0 N–H and O–H groups in total. The minimum absolute atomic E-state index is 0.172. The summed E-state index contributed by atoms with van der Waals surface area (Å²) in [5, 5.41) is 0. The fraction of sp³-hybridized carbons (Fsp3) is 0.278. The summed E-state index contributed by atoms with van der Waals surface area (Å²) in [5.74, 6) is -0.0219. The number of hydrogen-bond donors (Lipinski definition) is 0. The minimum atomic E-state index is -0.999. The monoisotopic (exact) mass is 333 g/mol. The summed E-state index contributed by atoms with van der Waals surface area (Å²) in [7, 11) is 0. The summed E-state index contributed by atoms with van der Waals surface area (Å²) < 4.78 is 26.4. The Bertz CT molecular complexity index is 714. The van der Waals surface area contributed by atoms with Gasteiger partial charge in [0.1, 0.15) is 0 Å². The maximum absolute atomic E-state index is 13.4. The van der Waals surface area contributed by atoms with E-state index in [2.05, 4.69) is 4.90 Å². The van der Waals surface area contributed by atoms with Gasteiger partial charge in [-0.3, -0.25) is 9.69 Å². The zero-order chi connectivity index (χ0) is 16.2. The van der Waals surface area contributed by atoms with Crippen LogP contribution in [0.1, 0.15) is 21.5 Å². The van der Waals surface area contributed by atoms with Crippen LogP contribution in [0.5, 0.6) is 0 Å². The molecule has 2 aromatic rings. The zero-order valence-electron chi connectivity index (χ0n) is 12.6. The fourth-order valence-corrected chi connectivity index (χ4v) is 3.65. The van der Waals surface area contributed by atoms with Crippen LogP contribution in [0.3, 0.4) is 0 Å². The van der Waals surface area contributed by atoms with E-state index >= 15 is 0 Å². The van der Waals surface area contributed by atoms with Gasteiger partial charge in [-0.2, -0.15) is 11.8 Å². The summed E-state index contributed by atoms with van der Waals surface area (Å²) in [6, 6.07) is 10.7. The van der Waals surface area contributed by atoms with Gasteiger partial charge in [0.2, 0.25) is 0 Å². The van der Waals surface area contributed by atoms with Crippen molar-refractivity contribution in [3.63, 3.8) is 0 Å². The third-order valence-electron chi connectivity index (χ3n) is 3.94. The smallest absolute Gasteiger partial charge is 0.193 e. The number of carbonyl (C=O) groups excluding carboxylic acids is 1. The molecule has 1 heterocycles. The Morgan fingerprint density at radius 1 is 1.04 bits per heavy atom. The van der Waals surface area contributed by atoms with Gasteiger partial charge in [0.15, 0.2) is 17.4 Å². The van der Waals surface area contributed by atoms with Crippen molar-refractivity contribution in [1.29, 1.82) is 0 Å². The van der Waals surface area contributed by atoms with E-state index < -0.39 is 11.6 Å². The van der Waals surface area contributed by atoms with Crippen LogP contribution in [-0.2, 0) is 6.54 Å². The number of halogens is 2. The Labute approximate surface area is 138 Å². The molecule has 2 nitrogen and oxygen atoms in total. The maximum atomic E-state index is 13.4. The lowest BCUT2D eigenvalue weighted by molar-refractivity contribution is 0.103. The van der Waals surface area contributed by atoms with E-state index in [0.29, 0.717) is 12.1 Å². The standard InChI is InChI=1S/C18H17F2NOS/c19-16-6-5-13(11-17(16)20)18(22)15-4-2-1-3-14(15)12-21-7-9-23-10-8-21/h1-6,11H,7-10,12H2. The molecule has 0 saturated carbocycles. The van der Waals surface area contributed by atoms with Crippen LogP contribution >= 0.6 is 11.8 Å². The molecule has 23 heavy (non-hydrogen) atoms. The molecule has 2 aromatic carbocycles. The molecule has 0 radical (unpaired) electrons. The number of carbonyl (C=O) groups is 1. The highest BCUT2D eigenvalue weighted by Gasteiger charge is 2.18. The molecule has 1 aliphatic rings. The van der Waals surface area contributed by atoms with Gasteiger partial charge in [-0.05, 0) is 23.8 Å². The molecule has 0 aliphatic carbocycles. The number of rotatable bonds is 4. The second-order valence-electron chi connectivity index (χ2n) is 5.50. The van der Waals surface area contributed by atoms with Gasteiger partial charge in [0.25, 0.3) is 0 Å². The molecule has 0 aromatic heterocycles. The lowest BCUT2D eigenvalue weighted by Gasteiger charge is -2.26. The first-order valence-electron chi connectivity index (χ1n) is 7.53. The van der Waals surface area contributed by atoms with E-state index in [0.717, 1.165) is 42.3 Å². The van der Waals surface area contributed by atoms with Gasteiger partial charge in [0, 0.05) is 42.3 Å². The van der Waals surface area contributed by atoms with Crippen molar-refractivity contribution in [1.82, 2.24) is 4.90 Å². The maximum Gasteiger partial charge on any atom is 0.193 e. The molecular formula is C18H17F2NOS. The van der Waals surface area contributed by atoms with Gasteiger partial charge in [-0.1, -0.05) is 24.3 Å². The first-order chi connectivity index (χ1) is 11.1. The molecule has 1 fully saturated rings. The molecule has 1 saturated heterocycles. The lowest BCUT2D eigenvalue weighted by Crippen LogP contribution is -2.32. The summed E-state index contributed by atoms with van der Waals surface area (Å²) in [6.45, 7) is 2.70. The lowest BCUT2D eigenvalue weighted by atomic mass is 9.98. The summed E-state index contributed by atoms with van der Waals surface area (Å²) in [4.78, 5) is 15.0. The van der Waals surface area contributed by atoms with Crippen LogP contribution in [0.4, 0.5) is 8.78 Å². The number of nitrogens with zero attached hydrogens (tertiary/aromatic N) is 1. The predicted octanol–water partition coefficient (Wildman–Crippen LogP) is 3.74. The molecule has 120 valence electrons. The molecule has 0 spiro atoms. The van der Waals surface area contributed by atoms with E-state index in [1.807, 2.05) is 23.9 Å². The molecule has 3 rings (SSSR count). The van der Waals surface area contributed by atoms with Crippen molar-refractivity contribution < 1.29 is 13.6 Å². The van der Waals surface area contributed by atoms with Gasteiger partial charge in [0.05, 0.1) is 0 Å². The van der Waals surface area contributed by atoms with Crippen LogP contribution in [0.15, 0.2) is 42.5 Å². The number of thioether (sulfide) groups is 1. The Kier molecular flexibility index (Phi) is 5.08. The first-order valence-corrected chi connectivity index (χ1v) is 8.68. The van der Waals surface area contributed by atoms with E-state index in [1.54, 1.807) is 12.1 Å². The van der Waals surface area contributed by atoms with Gasteiger partial charge in [-0.25, -0.2) is 8.78 Å². The van der Waals surface area contributed by atoms with Crippen molar-refractivity contribution in [2.45, 2.75) is 6.54 Å². The normalized spacial score (nSPS) is 15.6. The first kappa shape index (κ1) is 16.1. The minimum Gasteiger partial charge on any atom is -0.297 e. The highest BCUT2D eigenvalue weighted by molar-refractivity contribution is 7.99. The zero-order valence-corrected chi connectivity index (χ0v) is 13.4. The molecule has 0 amide bonds. The Balaban J connectivity index is 1.86. The average molecular weight is 333 g/mol. The fourth-order valence-electron chi connectivity index (χ4n) is 2.67. The second-order valence-corrected chi connectivity index (χ2v) is 6.73. The molecule has 1 aliphatic heterocycles. The van der Waals surface area contributed by atoms with Crippen molar-refractivity contribution in [2.24, 2.45) is 0 Å². The second kappa shape index (κ2) is 7.23. The van der Waals surface area contributed by atoms with Crippen LogP contribution in [0.25, 0.3) is 0 Å². The average Bonchev–Trinajstić information content (AvgIpc) is 2.58. The molecular weight excluding hydrogens is 316 g/mol. The third kappa shape index (κ3) is 3.79. The highest BCUT2D eigenvalue weighted by Crippen LogP contribution is 2.20. The molecule has 0 unspecified atom stereocenters. The molecule has 0 bridgehead atoms. The Hall–Kier alpha value is -1.72. The summed E-state index contributed by atoms with van der Waals surface area (Å²) >= 11 is 1.93. The van der Waals surface area contributed by atoms with Crippen molar-refractivity contribution in [3.8, 4) is 0 Å². The largest absolute Gasteiger partial charge is 0.297 e. The van der Waals surface area contributed by atoms with Crippen molar-refractivity contribution in [3.05, 3.63) is 70.8 Å². The predicted molar refractivity (Wildman–Crippen MR) is 88.8 cm³/mol. The van der Waals surface area contributed by atoms with Crippen molar-refractivity contribution >= 4 is 17.5 Å². The van der Waals surface area contributed by atoms with E-state index in [9.17, 15) is 13.6 Å². The summed E-state index contributed by atoms with van der Waals surface area (Å²) in [6.07, 6.45) is 0. The quantitative estimate of drug-likeness (QED) is 0.795. The molecule has 0 atom stereocenters. The Morgan fingerprint density at radius 3 is 2.52 bits per heavy atom. The van der Waals surface area contributed by atoms with Crippen molar-refractivity contribution in [2.75, 3.05) is 24.6 Å².